The second-order valence-corrected chi connectivity index (χ2v) is 7.28. The average molecular weight is 428 g/mol. The van der Waals surface area contributed by atoms with Crippen LogP contribution in [0, 0.1) is 4.77 Å². The predicted octanol–water partition coefficient (Wildman–Crippen LogP) is 3.02. The van der Waals surface area contributed by atoms with Gasteiger partial charge in [0.05, 0.1) is 23.1 Å². The summed E-state index contributed by atoms with van der Waals surface area (Å²) in [5, 5.41) is 11.5. The molecular formula is C22H16N6O2S. The molecular weight excluding hydrogens is 412 g/mol. The van der Waals surface area contributed by atoms with E-state index in [2.05, 4.69) is 20.5 Å². The molecule has 0 atom stereocenters. The van der Waals surface area contributed by atoms with Gasteiger partial charge in [-0.15, -0.1) is 10.2 Å². The quantitative estimate of drug-likeness (QED) is 0.429. The number of carbonyl (C=O) groups excluding carboxylic acids is 1. The minimum absolute atomic E-state index is 0.216. The molecule has 5 rings (SSSR count). The maximum atomic E-state index is 13.0. The van der Waals surface area contributed by atoms with Gasteiger partial charge >= 0.3 is 0 Å². The van der Waals surface area contributed by atoms with Crippen molar-refractivity contribution < 1.29 is 4.79 Å². The van der Waals surface area contributed by atoms with Crippen LogP contribution in [-0.4, -0.2) is 30.1 Å². The van der Waals surface area contributed by atoms with E-state index in [9.17, 15) is 9.59 Å². The van der Waals surface area contributed by atoms with Crippen LogP contribution in [0.2, 0.25) is 0 Å². The number of para-hydroxylation sites is 1. The number of carbonyl (C=O) groups is 1. The van der Waals surface area contributed by atoms with Crippen molar-refractivity contribution in [3.63, 3.8) is 0 Å². The van der Waals surface area contributed by atoms with Gasteiger partial charge in [-0.25, -0.2) is 0 Å². The van der Waals surface area contributed by atoms with Gasteiger partial charge in [0.2, 0.25) is 0 Å². The molecule has 0 radical (unpaired) electrons. The Morgan fingerprint density at radius 3 is 2.68 bits per heavy atom. The Morgan fingerprint density at radius 2 is 1.84 bits per heavy atom. The van der Waals surface area contributed by atoms with E-state index in [-0.39, 0.29) is 22.8 Å². The first-order valence-electron chi connectivity index (χ1n) is 9.53. The van der Waals surface area contributed by atoms with Gasteiger partial charge < -0.3 is 10.3 Å². The number of hydrogen-bond acceptors (Lipinski definition) is 5. The molecule has 0 saturated carbocycles. The van der Waals surface area contributed by atoms with Crippen LogP contribution in [0.3, 0.4) is 0 Å². The molecule has 152 valence electrons. The molecule has 2 N–H and O–H groups in total. The standard InChI is InChI=1S/C22H16N6O2S/c29-20(23-13-19-26-25-18-8-4-5-11-27(18)19)14-9-10-16-17(12-14)24-22(31)28(21(16)30)15-6-2-1-3-7-15/h1-12H,13H2,(H,23,29)(H,24,31). The second-order valence-electron chi connectivity index (χ2n) is 6.89. The zero-order chi connectivity index (χ0) is 21.4. The summed E-state index contributed by atoms with van der Waals surface area (Å²) in [6.45, 7) is 0.216. The number of aromatic amines is 1. The average Bonchev–Trinajstić information content (AvgIpc) is 3.21. The highest BCUT2D eigenvalue weighted by molar-refractivity contribution is 7.71. The molecule has 0 unspecified atom stereocenters. The lowest BCUT2D eigenvalue weighted by Crippen LogP contribution is -2.24. The fourth-order valence-corrected chi connectivity index (χ4v) is 3.74. The Hall–Kier alpha value is -4.11. The Labute approximate surface area is 180 Å². The van der Waals surface area contributed by atoms with E-state index in [0.29, 0.717) is 33.6 Å². The molecule has 3 heterocycles. The summed E-state index contributed by atoms with van der Waals surface area (Å²) in [5.74, 6) is 0.330. The first-order chi connectivity index (χ1) is 15.1. The number of amides is 1. The summed E-state index contributed by atoms with van der Waals surface area (Å²) in [6.07, 6.45) is 1.84. The fraction of sp³-hybridized carbons (Fsp3) is 0.0455. The lowest BCUT2D eigenvalue weighted by Gasteiger charge is -2.09. The largest absolute Gasteiger partial charge is 0.345 e. The predicted molar refractivity (Wildman–Crippen MR) is 119 cm³/mol. The maximum absolute atomic E-state index is 13.0. The van der Waals surface area contributed by atoms with E-state index in [4.69, 9.17) is 12.2 Å². The van der Waals surface area contributed by atoms with Crippen LogP contribution in [0.25, 0.3) is 22.2 Å². The summed E-state index contributed by atoms with van der Waals surface area (Å²) < 4.78 is 3.51. The third kappa shape index (κ3) is 3.40. The molecule has 3 aromatic heterocycles. The molecule has 8 nitrogen and oxygen atoms in total. The van der Waals surface area contributed by atoms with E-state index in [1.165, 1.54) is 4.57 Å². The maximum Gasteiger partial charge on any atom is 0.266 e. The molecule has 0 bridgehead atoms. The zero-order valence-electron chi connectivity index (χ0n) is 16.1. The topological polar surface area (TPSA) is 97.1 Å². The summed E-state index contributed by atoms with van der Waals surface area (Å²) in [6, 6.07) is 19.6. The lowest BCUT2D eigenvalue weighted by molar-refractivity contribution is 0.0950. The third-order valence-corrected chi connectivity index (χ3v) is 5.25. The molecule has 0 fully saturated rings. The van der Waals surface area contributed by atoms with Crippen LogP contribution >= 0.6 is 12.2 Å². The van der Waals surface area contributed by atoms with Gasteiger partial charge in [0.1, 0.15) is 0 Å². The van der Waals surface area contributed by atoms with E-state index in [0.717, 1.165) is 0 Å². The van der Waals surface area contributed by atoms with Gasteiger partial charge in [0.25, 0.3) is 11.5 Å². The van der Waals surface area contributed by atoms with E-state index in [1.54, 1.807) is 18.2 Å². The molecule has 0 saturated heterocycles. The van der Waals surface area contributed by atoms with Crippen LogP contribution in [0.1, 0.15) is 16.2 Å². The smallest absolute Gasteiger partial charge is 0.266 e. The van der Waals surface area contributed by atoms with Crippen LogP contribution < -0.4 is 10.9 Å². The lowest BCUT2D eigenvalue weighted by atomic mass is 10.1. The Bertz CT molecular complexity index is 1550. The molecule has 9 heteroatoms. The van der Waals surface area contributed by atoms with Crippen molar-refractivity contribution in [3.8, 4) is 5.69 Å². The minimum Gasteiger partial charge on any atom is -0.345 e. The van der Waals surface area contributed by atoms with Crippen molar-refractivity contribution >= 4 is 34.7 Å². The summed E-state index contributed by atoms with van der Waals surface area (Å²) in [4.78, 5) is 28.7. The van der Waals surface area contributed by atoms with Crippen LogP contribution in [-0.2, 0) is 6.54 Å². The third-order valence-electron chi connectivity index (χ3n) is 4.97. The van der Waals surface area contributed by atoms with Crippen molar-refractivity contribution in [1.29, 1.82) is 0 Å². The first kappa shape index (κ1) is 18.9. The number of hydrogen-bond donors (Lipinski definition) is 2. The highest BCUT2D eigenvalue weighted by Gasteiger charge is 2.12. The number of benzene rings is 2. The summed E-state index contributed by atoms with van der Waals surface area (Å²) >= 11 is 5.40. The van der Waals surface area contributed by atoms with Crippen LogP contribution in [0.4, 0.5) is 0 Å². The molecule has 31 heavy (non-hydrogen) atoms. The summed E-state index contributed by atoms with van der Waals surface area (Å²) in [7, 11) is 0. The number of aromatic nitrogens is 5. The van der Waals surface area contributed by atoms with Crippen LogP contribution in [0.15, 0.2) is 77.7 Å². The van der Waals surface area contributed by atoms with Crippen LogP contribution in [0.5, 0.6) is 0 Å². The number of nitrogens with zero attached hydrogens (tertiary/aromatic N) is 4. The fourth-order valence-electron chi connectivity index (χ4n) is 3.44. The van der Waals surface area contributed by atoms with E-state index >= 15 is 0 Å². The number of nitrogens with one attached hydrogen (secondary N) is 2. The minimum atomic E-state index is -0.291. The van der Waals surface area contributed by atoms with Gasteiger partial charge in [-0.05, 0) is 54.7 Å². The first-order valence-corrected chi connectivity index (χ1v) is 9.94. The van der Waals surface area contributed by atoms with Crippen molar-refractivity contribution in [2.24, 2.45) is 0 Å². The van der Waals surface area contributed by atoms with Crippen molar-refractivity contribution in [2.45, 2.75) is 6.54 Å². The van der Waals surface area contributed by atoms with E-state index in [1.807, 2.05) is 59.1 Å². The molecule has 2 aromatic carbocycles. The van der Waals surface area contributed by atoms with Crippen molar-refractivity contribution in [3.05, 3.63) is 99.4 Å². The number of rotatable bonds is 4. The monoisotopic (exact) mass is 428 g/mol. The Kier molecular flexibility index (Phi) is 4.64. The molecule has 0 aliphatic rings. The number of pyridine rings is 1. The second kappa shape index (κ2) is 7.62. The number of H-pyrrole nitrogens is 1. The van der Waals surface area contributed by atoms with Gasteiger partial charge in [0.15, 0.2) is 16.2 Å². The number of fused-ring (bicyclic) bond motifs is 2. The highest BCUT2D eigenvalue weighted by Crippen LogP contribution is 2.13. The highest BCUT2D eigenvalue weighted by atomic mass is 32.1. The zero-order valence-corrected chi connectivity index (χ0v) is 17.0. The molecule has 0 aliphatic carbocycles. The van der Waals surface area contributed by atoms with Crippen molar-refractivity contribution in [2.75, 3.05) is 0 Å². The summed E-state index contributed by atoms with van der Waals surface area (Å²) in [5.41, 5.74) is 2.05. The molecule has 0 spiro atoms. The van der Waals surface area contributed by atoms with E-state index < -0.39 is 0 Å². The van der Waals surface area contributed by atoms with Gasteiger partial charge in [-0.2, -0.15) is 0 Å². The molecule has 1 amide bonds. The Morgan fingerprint density at radius 1 is 1.03 bits per heavy atom. The molecule has 5 aromatic rings. The molecule has 0 aliphatic heterocycles. The van der Waals surface area contributed by atoms with Crippen molar-refractivity contribution in [1.82, 2.24) is 29.5 Å². The Balaban J connectivity index is 1.45. The SMILES string of the molecule is O=C(NCc1nnc2ccccn12)c1ccc2c(=O)n(-c3ccccc3)c(=S)[nH]c2c1. The van der Waals surface area contributed by atoms with Gasteiger partial charge in [-0.1, -0.05) is 24.3 Å². The van der Waals surface area contributed by atoms with Gasteiger partial charge in [-0.3, -0.25) is 18.6 Å². The van der Waals surface area contributed by atoms with Gasteiger partial charge in [0, 0.05) is 11.8 Å². The normalized spacial score (nSPS) is 11.1.